The summed E-state index contributed by atoms with van der Waals surface area (Å²) in [4.78, 5) is 32.9. The molecule has 0 bridgehead atoms. The maximum atomic E-state index is 17.9. The van der Waals surface area contributed by atoms with Gasteiger partial charge in [0.15, 0.2) is 0 Å². The molecule has 6 heteroatoms. The quantitative estimate of drug-likeness (QED) is 0.0307. The summed E-state index contributed by atoms with van der Waals surface area (Å²) in [6.45, 7) is 75.2. The molecule has 0 unspecified atom stereocenters. The molecule has 149 heavy (non-hydrogen) atoms. The number of likely N-dealkylation sites (N-methyl/N-ethyl adjacent to an activating group) is 1. The molecule has 0 heterocycles. The van der Waals surface area contributed by atoms with Gasteiger partial charge in [-0.1, -0.05) is 367 Å². The van der Waals surface area contributed by atoms with Crippen LogP contribution in [-0.4, -0.2) is 36.6 Å². The molecule has 2 N–H and O–H groups in total. The number of hydrogen-bond donors (Lipinski definition) is 2. The van der Waals surface area contributed by atoms with Crippen LogP contribution in [0.25, 0.3) is 156 Å². The number of benzene rings is 15. The van der Waals surface area contributed by atoms with Gasteiger partial charge in [0.25, 0.3) is 0 Å². The van der Waals surface area contributed by atoms with Crippen molar-refractivity contribution in [3.63, 3.8) is 0 Å². The van der Waals surface area contributed by atoms with Crippen molar-refractivity contribution in [1.82, 2.24) is 10.6 Å². The minimum absolute atomic E-state index is 0.0540. The van der Waals surface area contributed by atoms with Crippen LogP contribution in [0.3, 0.4) is 0 Å². The fourth-order valence-corrected chi connectivity index (χ4v) is 26.2. The average molecular weight is 2150 g/mol. The molecule has 0 radical (unpaired) electrons. The van der Waals surface area contributed by atoms with Crippen LogP contribution in [-0.2, 0) is 4.79 Å². The van der Waals surface area contributed by atoms with E-state index in [-0.39, 0.29) is 118 Å². The van der Waals surface area contributed by atoms with Gasteiger partial charge in [-0.15, -0.1) is 0 Å². The van der Waals surface area contributed by atoms with E-state index in [4.69, 9.17) is 0 Å². The van der Waals surface area contributed by atoms with E-state index in [9.17, 15) is 0 Å². The Kier molecular flexibility index (Phi) is 35.6. The maximum absolute atomic E-state index is 17.9. The van der Waals surface area contributed by atoms with E-state index < -0.39 is 6.04 Å². The Morgan fingerprint density at radius 2 is 0.329 bits per heavy atom. The summed E-state index contributed by atoms with van der Waals surface area (Å²) < 4.78 is 0. The standard InChI is InChI=1S/C143H165IN2O2Se/c1-80(2)114-43-34-44-115(81(3)4)133(114)106-67-100(68-107(75-106)134-116(82(5)6)45-35-46-117(134)83(7)8)96-61-97(101-69-108(135-118(84(9)10)47-36-48-119(135)85(11)12)76-109(70-101)136-120(86(13)14)49-37-50-121(136)87(15)16)64-104(63-96)130-59-42-60-131(141(130)143(148)146-132(79-149-144)142(147)145-33)105-65-98(102-71-110(137-122(88(17)18)51-38-52-123(137)89(19)20)77-111(72-102)138-124(90(21)22)53-39-54-125(138)91(23)24)62-99(66-105)103-73-112(139-126(92(25)26)55-40-56-127(139)93(27)28)78-113(74-103)140-128(94(29)30)57-41-58-129(140)95(31)32/h34-78,80-95,132H,79H2,1-33H3,(H,145,147)(H,146,148)/t132-/m0/s1. The third-order valence-electron chi connectivity index (χ3n) is 31.2. The van der Waals surface area contributed by atoms with Crippen molar-refractivity contribution < 1.29 is 9.59 Å². The summed E-state index contributed by atoms with van der Waals surface area (Å²) in [6, 6.07) is 106. The van der Waals surface area contributed by atoms with E-state index >= 15 is 9.59 Å². The molecule has 0 aliphatic rings. The van der Waals surface area contributed by atoms with Crippen molar-refractivity contribution in [1.29, 1.82) is 0 Å². The van der Waals surface area contributed by atoms with Crippen LogP contribution in [0, 0.1) is 0 Å². The van der Waals surface area contributed by atoms with Crippen molar-refractivity contribution in [3.05, 3.63) is 368 Å². The summed E-state index contributed by atoms with van der Waals surface area (Å²) in [6.07, 6.45) is 0. The van der Waals surface area contributed by atoms with Gasteiger partial charge < -0.3 is 0 Å². The van der Waals surface area contributed by atoms with E-state index in [1.54, 1.807) is 7.05 Å². The van der Waals surface area contributed by atoms with Crippen LogP contribution in [0.4, 0.5) is 0 Å². The predicted molar refractivity (Wildman–Crippen MR) is 658 cm³/mol. The van der Waals surface area contributed by atoms with Crippen LogP contribution in [0.2, 0.25) is 5.32 Å². The molecule has 772 valence electrons. The molecule has 0 aliphatic heterocycles. The molecular weight excluding hydrogens is 1980 g/mol. The second kappa shape index (κ2) is 47.6. The van der Waals surface area contributed by atoms with Crippen LogP contribution in [0.1, 0.15) is 416 Å². The van der Waals surface area contributed by atoms with Gasteiger partial charge in [-0.3, -0.25) is 0 Å². The van der Waals surface area contributed by atoms with Gasteiger partial charge in [-0.05, 0) is 252 Å². The van der Waals surface area contributed by atoms with Crippen molar-refractivity contribution in [2.75, 3.05) is 7.05 Å². The molecule has 0 aliphatic carbocycles. The third-order valence-corrected chi connectivity index (χ3v) is 34.1. The first-order valence-electron chi connectivity index (χ1n) is 55.8. The molecule has 0 fully saturated rings. The number of carbonyl (C=O) groups excluding carboxylic acids is 2. The topological polar surface area (TPSA) is 58.2 Å². The van der Waals surface area contributed by atoms with Crippen LogP contribution >= 0.6 is 20.3 Å². The van der Waals surface area contributed by atoms with Crippen molar-refractivity contribution in [3.8, 4) is 156 Å². The number of carbonyl (C=O) groups is 2. The van der Waals surface area contributed by atoms with Gasteiger partial charge in [0.05, 0.1) is 0 Å². The van der Waals surface area contributed by atoms with E-state index in [1.165, 1.54) is 178 Å². The van der Waals surface area contributed by atoms with Gasteiger partial charge in [-0.2, -0.15) is 0 Å². The Balaban J connectivity index is 1.18. The second-order valence-electron chi connectivity index (χ2n) is 47.4. The fraction of sp³-hybridized carbons (Fsp3) is 0.357. The molecule has 0 aromatic heterocycles. The van der Waals surface area contributed by atoms with Gasteiger partial charge in [0.2, 0.25) is 0 Å². The third kappa shape index (κ3) is 23.6. The zero-order valence-corrected chi connectivity index (χ0v) is 99.5. The molecule has 1 atom stereocenters. The summed E-state index contributed by atoms with van der Waals surface area (Å²) in [5.74, 6) is 2.77. The van der Waals surface area contributed by atoms with E-state index in [1.807, 2.05) is 0 Å². The number of hydrogen-bond acceptors (Lipinski definition) is 2. The number of nitrogens with one attached hydrogen (secondary N) is 2. The van der Waals surface area contributed by atoms with Gasteiger partial charge in [-0.25, -0.2) is 0 Å². The molecule has 15 aromatic rings. The SMILES string of the molecule is CNC(=O)[C@H](C[Se]I)NC(=O)c1c(-c2cc(-c3cc(-c4c(C(C)C)cccc4C(C)C)cc(-c4c(C(C)C)cccc4C(C)C)c3)cc(-c3cc(-c4c(C(C)C)cccc4C(C)C)cc(-c4c(C(C)C)cccc4C(C)C)c3)c2)cccc1-c1cc(-c2cc(-c3c(C(C)C)cccc3C(C)C)cc(-c3c(C(C)C)cccc3C(C)C)c2)cc(-c2cc(-c3c(C(C)C)cccc3C(C)C)cc(-c3c(C(C)C)cccc3C(C)C)c2)c1. The molecule has 2 amide bonds. The Morgan fingerprint density at radius 1 is 0.201 bits per heavy atom. The summed E-state index contributed by atoms with van der Waals surface area (Å²) >= 11 is 2.38. The first-order valence-corrected chi connectivity index (χ1v) is 62.2. The molecule has 15 aromatic carbocycles. The minimum atomic E-state index is -0.857. The summed E-state index contributed by atoms with van der Waals surface area (Å²) in [7, 11) is 1.70. The van der Waals surface area contributed by atoms with Crippen LogP contribution < -0.4 is 10.6 Å². The normalized spacial score (nSPS) is 12.3. The molecular formula is C143H165IN2O2Se. The fourth-order valence-electron chi connectivity index (χ4n) is 23.6. The Hall–Kier alpha value is -11.5. The summed E-state index contributed by atoms with van der Waals surface area (Å²) in [5.41, 5.74) is 52.5. The van der Waals surface area contributed by atoms with E-state index in [2.05, 4.69) is 526 Å². The first kappa shape index (κ1) is 112. The van der Waals surface area contributed by atoms with Crippen LogP contribution in [0.5, 0.6) is 0 Å². The zero-order chi connectivity index (χ0) is 108. The first-order chi connectivity index (χ1) is 70.9. The molecule has 0 saturated carbocycles. The van der Waals surface area contributed by atoms with Crippen molar-refractivity contribution >= 4 is 43.9 Å². The molecule has 4 nitrogen and oxygen atoms in total. The molecule has 0 spiro atoms. The second-order valence-corrected chi connectivity index (χ2v) is 51.8. The monoisotopic (exact) mass is 2150 g/mol. The number of halogens is 1. The predicted octanol–water partition coefficient (Wildman–Crippen LogP) is 42.3. The number of rotatable bonds is 35. The average Bonchev–Trinajstić information content (AvgIpc) is 0.754. The van der Waals surface area contributed by atoms with E-state index in [0.717, 1.165) is 66.8 Å². The van der Waals surface area contributed by atoms with Crippen LogP contribution in [0.15, 0.2) is 273 Å². The zero-order valence-electron chi connectivity index (χ0n) is 95.6. The summed E-state index contributed by atoms with van der Waals surface area (Å²) in [5, 5.41) is 7.09. The van der Waals surface area contributed by atoms with E-state index in [0.29, 0.717) is 10.9 Å². The van der Waals surface area contributed by atoms with Gasteiger partial charge in [0, 0.05) is 0 Å². The molecule has 15 rings (SSSR count). The van der Waals surface area contributed by atoms with Gasteiger partial charge in [0.1, 0.15) is 0 Å². The Bertz CT molecular complexity index is 6090. The van der Waals surface area contributed by atoms with Crippen molar-refractivity contribution in [2.45, 2.75) is 328 Å². The van der Waals surface area contributed by atoms with Gasteiger partial charge >= 0.3 is 302 Å². The number of amides is 2. The van der Waals surface area contributed by atoms with Crippen molar-refractivity contribution in [2.24, 2.45) is 0 Å². The molecule has 0 saturated heterocycles. The Labute approximate surface area is 914 Å². The Morgan fingerprint density at radius 3 is 0.463 bits per heavy atom.